The Morgan fingerprint density at radius 2 is 2.27 bits per heavy atom. The van der Waals surface area contributed by atoms with E-state index in [-0.39, 0.29) is 18.4 Å². The standard InChI is InChI=1S/C7H11NO3/c8-6(1-2-9)5-3-11-4-7(5)10/h3-4,6,9-10H,1-2,8H2. The van der Waals surface area contributed by atoms with Gasteiger partial charge in [-0.1, -0.05) is 0 Å². The Labute approximate surface area is 64.2 Å². The second kappa shape index (κ2) is 3.41. The summed E-state index contributed by atoms with van der Waals surface area (Å²) in [6.45, 7) is 0.00574. The molecule has 1 rings (SSSR count). The monoisotopic (exact) mass is 157 g/mol. The summed E-state index contributed by atoms with van der Waals surface area (Å²) in [6.07, 6.45) is 3.02. The number of hydrogen-bond donors (Lipinski definition) is 3. The molecule has 4 heteroatoms. The summed E-state index contributed by atoms with van der Waals surface area (Å²) in [4.78, 5) is 0. The maximum Gasteiger partial charge on any atom is 0.158 e. The number of hydrogen-bond acceptors (Lipinski definition) is 4. The molecule has 0 saturated carbocycles. The first-order valence-electron chi connectivity index (χ1n) is 3.37. The van der Waals surface area contributed by atoms with Crippen molar-refractivity contribution in [1.82, 2.24) is 0 Å². The Morgan fingerprint density at radius 3 is 2.73 bits per heavy atom. The second-order valence-corrected chi connectivity index (χ2v) is 2.33. The molecule has 1 unspecified atom stereocenters. The van der Waals surface area contributed by atoms with Crippen LogP contribution in [0.4, 0.5) is 0 Å². The van der Waals surface area contributed by atoms with Crippen LogP contribution >= 0.6 is 0 Å². The average molecular weight is 157 g/mol. The van der Waals surface area contributed by atoms with Gasteiger partial charge in [0.05, 0.1) is 6.26 Å². The van der Waals surface area contributed by atoms with Crippen molar-refractivity contribution in [3.63, 3.8) is 0 Å². The van der Waals surface area contributed by atoms with Crippen molar-refractivity contribution in [3.8, 4) is 5.75 Å². The minimum absolute atomic E-state index is 0.00574. The lowest BCUT2D eigenvalue weighted by atomic mass is 10.1. The van der Waals surface area contributed by atoms with Gasteiger partial charge in [0.2, 0.25) is 0 Å². The highest BCUT2D eigenvalue weighted by Gasteiger charge is 2.11. The van der Waals surface area contributed by atoms with Gasteiger partial charge in [-0.25, -0.2) is 0 Å². The molecule has 1 atom stereocenters. The van der Waals surface area contributed by atoms with Gasteiger partial charge in [-0.2, -0.15) is 0 Å². The normalized spacial score (nSPS) is 13.3. The van der Waals surface area contributed by atoms with Crippen LogP contribution in [0.2, 0.25) is 0 Å². The highest BCUT2D eigenvalue weighted by molar-refractivity contribution is 5.28. The van der Waals surface area contributed by atoms with Crippen molar-refractivity contribution in [3.05, 3.63) is 18.1 Å². The average Bonchev–Trinajstić information content (AvgIpc) is 2.36. The molecule has 1 aromatic heterocycles. The molecule has 0 amide bonds. The molecule has 11 heavy (non-hydrogen) atoms. The van der Waals surface area contributed by atoms with E-state index in [2.05, 4.69) is 0 Å². The predicted octanol–water partition coefficient (Wildman–Crippen LogP) is 0.367. The molecule has 4 nitrogen and oxygen atoms in total. The maximum absolute atomic E-state index is 9.09. The van der Waals surface area contributed by atoms with Gasteiger partial charge in [0.1, 0.15) is 6.26 Å². The first-order valence-corrected chi connectivity index (χ1v) is 3.37. The zero-order valence-electron chi connectivity index (χ0n) is 6.03. The molecular weight excluding hydrogens is 146 g/mol. The summed E-state index contributed by atoms with van der Waals surface area (Å²) >= 11 is 0. The topological polar surface area (TPSA) is 79.6 Å². The number of furan rings is 1. The fraction of sp³-hybridized carbons (Fsp3) is 0.429. The van der Waals surface area contributed by atoms with Crippen LogP contribution in [0.5, 0.6) is 5.75 Å². The molecule has 0 aliphatic carbocycles. The summed E-state index contributed by atoms with van der Waals surface area (Å²) in [7, 11) is 0. The SMILES string of the molecule is NC(CCO)c1cocc1O. The van der Waals surface area contributed by atoms with Crippen molar-refractivity contribution in [2.24, 2.45) is 5.73 Å². The van der Waals surface area contributed by atoms with E-state index in [1.807, 2.05) is 0 Å². The number of aliphatic hydroxyl groups is 1. The van der Waals surface area contributed by atoms with Gasteiger partial charge in [0.15, 0.2) is 5.75 Å². The van der Waals surface area contributed by atoms with Gasteiger partial charge in [-0.05, 0) is 6.42 Å². The highest BCUT2D eigenvalue weighted by atomic mass is 16.3. The van der Waals surface area contributed by atoms with Crippen LogP contribution in [-0.4, -0.2) is 16.8 Å². The highest BCUT2D eigenvalue weighted by Crippen LogP contribution is 2.24. The van der Waals surface area contributed by atoms with Gasteiger partial charge in [0.25, 0.3) is 0 Å². The minimum atomic E-state index is -0.348. The van der Waals surface area contributed by atoms with Gasteiger partial charge in [0, 0.05) is 18.2 Å². The van der Waals surface area contributed by atoms with E-state index >= 15 is 0 Å². The summed E-state index contributed by atoms with van der Waals surface area (Å²) in [6, 6.07) is -0.348. The summed E-state index contributed by atoms with van der Waals surface area (Å²) in [5.41, 5.74) is 6.11. The molecule has 0 aliphatic heterocycles. The molecule has 1 heterocycles. The molecule has 0 saturated heterocycles. The van der Waals surface area contributed by atoms with Crippen LogP contribution in [0.1, 0.15) is 18.0 Å². The first kappa shape index (κ1) is 8.10. The smallest absolute Gasteiger partial charge is 0.158 e. The van der Waals surface area contributed by atoms with Crippen molar-refractivity contribution in [2.75, 3.05) is 6.61 Å². The second-order valence-electron chi connectivity index (χ2n) is 2.33. The maximum atomic E-state index is 9.09. The summed E-state index contributed by atoms with van der Waals surface area (Å²) in [5, 5.41) is 17.6. The van der Waals surface area contributed by atoms with E-state index in [1.165, 1.54) is 12.5 Å². The first-order chi connectivity index (χ1) is 5.25. The molecule has 0 fully saturated rings. The predicted molar refractivity (Wildman–Crippen MR) is 39.0 cm³/mol. The Hall–Kier alpha value is -1.00. The van der Waals surface area contributed by atoms with Crippen LogP contribution in [-0.2, 0) is 0 Å². The summed E-state index contributed by atoms with van der Waals surface area (Å²) in [5.74, 6) is 0.0472. The summed E-state index contributed by atoms with van der Waals surface area (Å²) < 4.78 is 4.70. The number of aliphatic hydroxyl groups excluding tert-OH is 1. The molecule has 1 aromatic rings. The Morgan fingerprint density at radius 1 is 1.55 bits per heavy atom. The minimum Gasteiger partial charge on any atom is -0.504 e. The molecule has 0 bridgehead atoms. The zero-order chi connectivity index (χ0) is 8.27. The van der Waals surface area contributed by atoms with Gasteiger partial charge < -0.3 is 20.4 Å². The lowest BCUT2D eigenvalue weighted by Gasteiger charge is -2.06. The Balaban J connectivity index is 2.67. The van der Waals surface area contributed by atoms with Gasteiger partial charge in [-0.15, -0.1) is 0 Å². The number of nitrogens with two attached hydrogens (primary N) is 1. The molecule has 62 valence electrons. The Kier molecular flexibility index (Phi) is 2.51. The van der Waals surface area contributed by atoms with Crippen molar-refractivity contribution >= 4 is 0 Å². The molecular formula is C7H11NO3. The van der Waals surface area contributed by atoms with Crippen molar-refractivity contribution in [2.45, 2.75) is 12.5 Å². The zero-order valence-corrected chi connectivity index (χ0v) is 6.03. The lowest BCUT2D eigenvalue weighted by molar-refractivity contribution is 0.275. The van der Waals surface area contributed by atoms with Gasteiger partial charge in [-0.3, -0.25) is 0 Å². The van der Waals surface area contributed by atoms with Crippen LogP contribution in [0.25, 0.3) is 0 Å². The van der Waals surface area contributed by atoms with Crippen molar-refractivity contribution in [1.29, 1.82) is 0 Å². The van der Waals surface area contributed by atoms with E-state index in [1.54, 1.807) is 0 Å². The molecule has 0 aliphatic rings. The van der Waals surface area contributed by atoms with Gasteiger partial charge >= 0.3 is 0 Å². The molecule has 0 aromatic carbocycles. The van der Waals surface area contributed by atoms with E-state index in [0.29, 0.717) is 12.0 Å². The fourth-order valence-electron chi connectivity index (χ4n) is 0.872. The number of rotatable bonds is 3. The lowest BCUT2D eigenvalue weighted by Crippen LogP contribution is -2.10. The van der Waals surface area contributed by atoms with Crippen LogP contribution in [0.15, 0.2) is 16.9 Å². The molecule has 0 spiro atoms. The van der Waals surface area contributed by atoms with E-state index in [9.17, 15) is 0 Å². The molecule has 0 radical (unpaired) electrons. The van der Waals surface area contributed by atoms with E-state index in [0.717, 1.165) is 0 Å². The largest absolute Gasteiger partial charge is 0.504 e. The third kappa shape index (κ3) is 1.72. The quantitative estimate of drug-likeness (QED) is 0.592. The van der Waals surface area contributed by atoms with Crippen LogP contribution in [0, 0.1) is 0 Å². The van der Waals surface area contributed by atoms with Crippen molar-refractivity contribution < 1.29 is 14.6 Å². The van der Waals surface area contributed by atoms with Crippen LogP contribution in [0.3, 0.4) is 0 Å². The fourth-order valence-corrected chi connectivity index (χ4v) is 0.872. The molecule has 4 N–H and O–H groups in total. The van der Waals surface area contributed by atoms with E-state index in [4.69, 9.17) is 20.4 Å². The third-order valence-electron chi connectivity index (χ3n) is 1.51. The third-order valence-corrected chi connectivity index (χ3v) is 1.51. The van der Waals surface area contributed by atoms with Crippen LogP contribution < -0.4 is 5.73 Å². The van der Waals surface area contributed by atoms with E-state index < -0.39 is 0 Å². The number of aromatic hydroxyl groups is 1. The Bertz CT molecular complexity index is 221.